The Bertz CT molecular complexity index is 1180. The Morgan fingerprint density at radius 1 is 1.06 bits per heavy atom. The molecule has 1 aliphatic rings. The Morgan fingerprint density at radius 2 is 1.85 bits per heavy atom. The number of hydrogen-bond acceptors (Lipinski definition) is 5. The van der Waals surface area contributed by atoms with E-state index in [1.807, 2.05) is 0 Å². The molecule has 4 heterocycles. The monoisotopic (exact) mass is 487 g/mol. The van der Waals surface area contributed by atoms with Crippen LogP contribution in [0.1, 0.15) is 33.9 Å². The van der Waals surface area contributed by atoms with Crippen LogP contribution in [0.2, 0.25) is 0 Å². The highest BCUT2D eigenvalue weighted by Crippen LogP contribution is 2.30. The second-order valence-electron chi connectivity index (χ2n) is 7.77. The number of fused-ring (bicyclic) bond motifs is 1. The fourth-order valence-electron chi connectivity index (χ4n) is 3.71. The molecule has 3 aromatic rings. The summed E-state index contributed by atoms with van der Waals surface area (Å²) < 4.78 is 84.6. The molecule has 0 unspecified atom stereocenters. The van der Waals surface area contributed by atoms with E-state index in [9.17, 15) is 31.1 Å². The van der Waals surface area contributed by atoms with Crippen LogP contribution >= 0.6 is 0 Å². The molecule has 0 radical (unpaired) electrons. The molecule has 1 fully saturated rings. The molecule has 34 heavy (non-hydrogen) atoms. The van der Waals surface area contributed by atoms with Gasteiger partial charge in [-0.3, -0.25) is 19.4 Å². The minimum atomic E-state index is -4.61. The van der Waals surface area contributed by atoms with E-state index in [0.717, 1.165) is 18.3 Å². The van der Waals surface area contributed by atoms with Gasteiger partial charge in [0.05, 0.1) is 23.4 Å². The van der Waals surface area contributed by atoms with Gasteiger partial charge in [0.25, 0.3) is 5.91 Å². The molecular formula is C21H19F6N5O2. The Labute approximate surface area is 189 Å². The normalized spacial score (nSPS) is 15.5. The lowest BCUT2D eigenvalue weighted by Crippen LogP contribution is -2.33. The van der Waals surface area contributed by atoms with E-state index in [1.165, 1.54) is 17.2 Å². The Hall–Kier alpha value is -3.22. The minimum absolute atomic E-state index is 0.00345. The van der Waals surface area contributed by atoms with Gasteiger partial charge in [0.15, 0.2) is 0 Å². The molecular weight excluding hydrogens is 468 g/mol. The quantitative estimate of drug-likeness (QED) is 0.523. The fourth-order valence-corrected chi connectivity index (χ4v) is 3.71. The van der Waals surface area contributed by atoms with E-state index < -0.39 is 30.4 Å². The summed E-state index contributed by atoms with van der Waals surface area (Å²) in [6.07, 6.45) is -6.63. The molecule has 0 spiro atoms. The first-order chi connectivity index (χ1) is 16.0. The minimum Gasteiger partial charge on any atom is -0.380 e. The first kappa shape index (κ1) is 23.9. The summed E-state index contributed by atoms with van der Waals surface area (Å²) >= 11 is 0. The summed E-state index contributed by atoms with van der Waals surface area (Å²) in [5, 5.41) is 4.17. The molecule has 1 saturated heterocycles. The predicted molar refractivity (Wildman–Crippen MR) is 107 cm³/mol. The number of rotatable bonds is 4. The van der Waals surface area contributed by atoms with Crippen molar-refractivity contribution >= 4 is 16.8 Å². The van der Waals surface area contributed by atoms with E-state index in [-0.39, 0.29) is 34.4 Å². The molecule has 1 aliphatic heterocycles. The third-order valence-electron chi connectivity index (χ3n) is 5.26. The zero-order valence-electron chi connectivity index (χ0n) is 17.7. The molecule has 0 atom stereocenters. The summed E-state index contributed by atoms with van der Waals surface area (Å²) in [6, 6.07) is 2.85. The van der Waals surface area contributed by atoms with Crippen molar-refractivity contribution in [2.24, 2.45) is 0 Å². The average Bonchev–Trinajstić information content (AvgIpc) is 2.93. The molecule has 7 nitrogen and oxygen atoms in total. The van der Waals surface area contributed by atoms with Crippen LogP contribution in [0.15, 0.2) is 30.6 Å². The van der Waals surface area contributed by atoms with Crippen molar-refractivity contribution < 1.29 is 35.9 Å². The topological polar surface area (TPSA) is 73.1 Å². The maximum absolute atomic E-state index is 13.2. The number of halogens is 6. The third-order valence-corrected chi connectivity index (χ3v) is 5.26. The van der Waals surface area contributed by atoms with Gasteiger partial charge in [0, 0.05) is 49.6 Å². The van der Waals surface area contributed by atoms with E-state index in [1.54, 1.807) is 0 Å². The molecule has 0 bridgehead atoms. The lowest BCUT2D eigenvalue weighted by Gasteiger charge is -2.19. The number of nitrogens with zero attached hydrogens (tertiary/aromatic N) is 5. The number of pyridine rings is 2. The molecule has 0 N–H and O–H groups in total. The van der Waals surface area contributed by atoms with Crippen LogP contribution in [0, 0.1) is 0 Å². The van der Waals surface area contributed by atoms with Crippen LogP contribution in [0.25, 0.3) is 10.9 Å². The Morgan fingerprint density at radius 3 is 2.59 bits per heavy atom. The van der Waals surface area contributed by atoms with Gasteiger partial charge in [0.1, 0.15) is 12.2 Å². The summed E-state index contributed by atoms with van der Waals surface area (Å²) in [6.45, 7) is 0.157. The molecule has 0 aromatic carbocycles. The highest BCUT2D eigenvalue weighted by Gasteiger charge is 2.32. The molecule has 182 valence electrons. The molecule has 0 aliphatic carbocycles. The van der Waals surface area contributed by atoms with E-state index in [2.05, 4.69) is 15.1 Å². The van der Waals surface area contributed by atoms with Gasteiger partial charge in [-0.25, -0.2) is 0 Å². The summed E-state index contributed by atoms with van der Waals surface area (Å²) in [4.78, 5) is 22.4. The summed E-state index contributed by atoms with van der Waals surface area (Å²) in [5.41, 5.74) is -0.923. The van der Waals surface area contributed by atoms with Crippen molar-refractivity contribution in [1.82, 2.24) is 24.6 Å². The Kier molecular flexibility index (Phi) is 6.47. The fraction of sp³-hybridized carbons (Fsp3) is 0.429. The lowest BCUT2D eigenvalue weighted by atomic mass is 10.1. The summed E-state index contributed by atoms with van der Waals surface area (Å²) in [5.74, 6) is -0.451. The van der Waals surface area contributed by atoms with Crippen LogP contribution in [0.4, 0.5) is 26.3 Å². The number of ether oxygens (including phenoxy) is 1. The molecule has 13 heteroatoms. The van der Waals surface area contributed by atoms with E-state index in [0.29, 0.717) is 37.4 Å². The number of amides is 1. The van der Waals surface area contributed by atoms with Crippen LogP contribution in [-0.2, 0) is 23.9 Å². The number of aromatic nitrogens is 4. The first-order valence-electron chi connectivity index (χ1n) is 10.3. The van der Waals surface area contributed by atoms with Crippen LogP contribution < -0.4 is 0 Å². The van der Waals surface area contributed by atoms with Crippen LogP contribution in [0.3, 0.4) is 0 Å². The number of alkyl halides is 6. The van der Waals surface area contributed by atoms with Crippen molar-refractivity contribution in [3.05, 3.63) is 53.2 Å². The molecule has 1 amide bonds. The highest BCUT2D eigenvalue weighted by atomic mass is 19.4. The molecule has 4 rings (SSSR count). The smallest absolute Gasteiger partial charge is 0.380 e. The number of carbonyl (C=O) groups excluding carboxylic acids is 1. The zero-order chi connectivity index (χ0) is 24.5. The SMILES string of the molecule is O=C(c1cc2c(cn1)c(Cc1cc(C(F)(F)F)ccn1)nn2CC(F)(F)F)N1CCCOCC1. The first-order valence-corrected chi connectivity index (χ1v) is 10.3. The highest BCUT2D eigenvalue weighted by molar-refractivity contribution is 5.96. The predicted octanol–water partition coefficient (Wildman–Crippen LogP) is 3.86. The van der Waals surface area contributed by atoms with Gasteiger partial charge in [-0.05, 0) is 24.6 Å². The van der Waals surface area contributed by atoms with Crippen molar-refractivity contribution in [2.75, 3.05) is 26.3 Å². The van der Waals surface area contributed by atoms with E-state index >= 15 is 0 Å². The lowest BCUT2D eigenvalue weighted by molar-refractivity contribution is -0.142. The van der Waals surface area contributed by atoms with E-state index in [4.69, 9.17) is 4.74 Å². The van der Waals surface area contributed by atoms with Crippen molar-refractivity contribution in [1.29, 1.82) is 0 Å². The Balaban J connectivity index is 1.71. The summed E-state index contributed by atoms with van der Waals surface area (Å²) in [7, 11) is 0. The maximum atomic E-state index is 13.2. The number of hydrogen-bond donors (Lipinski definition) is 0. The second kappa shape index (κ2) is 9.20. The van der Waals surface area contributed by atoms with Crippen molar-refractivity contribution in [3.8, 4) is 0 Å². The van der Waals surface area contributed by atoms with Gasteiger partial charge in [-0.2, -0.15) is 31.4 Å². The standard InChI is InChI=1S/C21H19F6N5O2/c22-20(23,24)12-32-18-10-17(19(33)31-4-1-6-34-7-5-31)29-11-15(18)16(30-32)9-14-8-13(2-3-28-14)21(25,26)27/h2-3,8,10-11H,1,4-7,9,12H2. The van der Waals surface area contributed by atoms with Gasteiger partial charge in [-0.15, -0.1) is 0 Å². The second-order valence-corrected chi connectivity index (χ2v) is 7.77. The zero-order valence-corrected chi connectivity index (χ0v) is 17.7. The van der Waals surface area contributed by atoms with Crippen molar-refractivity contribution in [2.45, 2.75) is 31.7 Å². The van der Waals surface area contributed by atoms with Crippen molar-refractivity contribution in [3.63, 3.8) is 0 Å². The number of carbonyl (C=O) groups is 1. The van der Waals surface area contributed by atoms with Gasteiger partial charge < -0.3 is 9.64 Å². The average molecular weight is 487 g/mol. The maximum Gasteiger partial charge on any atom is 0.416 e. The van der Waals surface area contributed by atoms with Gasteiger partial charge in [0.2, 0.25) is 0 Å². The van der Waals surface area contributed by atoms with Crippen LogP contribution in [0.5, 0.6) is 0 Å². The van der Waals surface area contributed by atoms with Gasteiger partial charge in [-0.1, -0.05) is 0 Å². The van der Waals surface area contributed by atoms with Gasteiger partial charge >= 0.3 is 12.4 Å². The van der Waals surface area contributed by atoms with Crippen LogP contribution in [-0.4, -0.2) is 63.0 Å². The third kappa shape index (κ3) is 5.46. The molecule has 3 aromatic heterocycles. The largest absolute Gasteiger partial charge is 0.416 e. The molecule has 0 saturated carbocycles.